The van der Waals surface area contributed by atoms with E-state index in [0.717, 1.165) is 25.7 Å². The Balaban J connectivity index is 1.90. The number of ether oxygens (including phenoxy) is 1. The van der Waals surface area contributed by atoms with Crippen molar-refractivity contribution in [1.82, 2.24) is 0 Å². The number of hydrogen-bond donors (Lipinski definition) is 1. The number of fused-ring (bicyclic) bond motifs is 1. The molecule has 2 rings (SSSR count). The van der Waals surface area contributed by atoms with Crippen LogP contribution in [0, 0.1) is 5.92 Å². The molecule has 1 N–H and O–H groups in total. The van der Waals surface area contributed by atoms with E-state index < -0.39 is 0 Å². The Morgan fingerprint density at radius 3 is 2.94 bits per heavy atom. The first kappa shape index (κ1) is 11.5. The second kappa shape index (κ2) is 5.35. The maximum absolute atomic E-state index is 5.41. The average molecular weight is 219 g/mol. The number of hydrogen-bond acceptors (Lipinski definition) is 2. The van der Waals surface area contributed by atoms with E-state index in [4.69, 9.17) is 4.74 Å². The van der Waals surface area contributed by atoms with Crippen LogP contribution in [0.15, 0.2) is 18.2 Å². The maximum atomic E-state index is 5.41. The molecule has 1 atom stereocenters. The molecule has 1 aromatic rings. The first-order chi connectivity index (χ1) is 7.79. The number of anilines is 1. The second-order valence-corrected chi connectivity index (χ2v) is 4.75. The van der Waals surface area contributed by atoms with Gasteiger partial charge in [0.15, 0.2) is 0 Å². The van der Waals surface area contributed by atoms with Gasteiger partial charge in [-0.15, -0.1) is 0 Å². The van der Waals surface area contributed by atoms with Gasteiger partial charge in [0.2, 0.25) is 0 Å². The first-order valence-corrected chi connectivity index (χ1v) is 6.23. The Labute approximate surface area is 98.0 Å². The van der Waals surface area contributed by atoms with Crippen LogP contribution in [0.25, 0.3) is 0 Å². The van der Waals surface area contributed by atoms with Gasteiger partial charge in [-0.1, -0.05) is 26.3 Å². The Kier molecular flexibility index (Phi) is 3.83. The van der Waals surface area contributed by atoms with Crippen molar-refractivity contribution in [2.75, 3.05) is 11.9 Å². The van der Waals surface area contributed by atoms with E-state index in [1.54, 1.807) is 0 Å². The standard InChI is InChI=1S/C14H21NO/c1-3-4-11(2)8-15-14-6-5-12-9-16-10-13(12)7-14/h5-7,11,15H,3-4,8-10H2,1-2H3. The number of nitrogens with one attached hydrogen (secondary N) is 1. The fourth-order valence-electron chi connectivity index (χ4n) is 2.17. The van der Waals surface area contributed by atoms with Crippen molar-refractivity contribution in [3.8, 4) is 0 Å². The quantitative estimate of drug-likeness (QED) is 0.817. The highest BCUT2D eigenvalue weighted by molar-refractivity contribution is 5.49. The third-order valence-corrected chi connectivity index (χ3v) is 3.16. The van der Waals surface area contributed by atoms with E-state index in [-0.39, 0.29) is 0 Å². The van der Waals surface area contributed by atoms with Crippen LogP contribution in [0.5, 0.6) is 0 Å². The summed E-state index contributed by atoms with van der Waals surface area (Å²) in [5.74, 6) is 0.745. The highest BCUT2D eigenvalue weighted by Gasteiger charge is 2.11. The molecule has 0 saturated carbocycles. The van der Waals surface area contributed by atoms with Gasteiger partial charge in [-0.25, -0.2) is 0 Å². The normalized spacial score (nSPS) is 15.9. The van der Waals surface area contributed by atoms with Crippen LogP contribution >= 0.6 is 0 Å². The molecule has 0 saturated heterocycles. The molecule has 2 heteroatoms. The van der Waals surface area contributed by atoms with Gasteiger partial charge in [-0.05, 0) is 35.6 Å². The number of rotatable bonds is 5. The lowest BCUT2D eigenvalue weighted by molar-refractivity contribution is 0.134. The van der Waals surface area contributed by atoms with E-state index in [1.165, 1.54) is 29.7 Å². The maximum Gasteiger partial charge on any atom is 0.0725 e. The molecule has 1 aliphatic heterocycles. The van der Waals surface area contributed by atoms with Gasteiger partial charge in [0, 0.05) is 12.2 Å². The van der Waals surface area contributed by atoms with E-state index in [9.17, 15) is 0 Å². The van der Waals surface area contributed by atoms with Crippen molar-refractivity contribution in [3.05, 3.63) is 29.3 Å². The zero-order chi connectivity index (χ0) is 11.4. The van der Waals surface area contributed by atoms with Crippen molar-refractivity contribution < 1.29 is 4.74 Å². The van der Waals surface area contributed by atoms with Crippen molar-refractivity contribution in [3.63, 3.8) is 0 Å². The minimum Gasteiger partial charge on any atom is -0.385 e. The highest BCUT2D eigenvalue weighted by Crippen LogP contribution is 2.23. The molecular weight excluding hydrogens is 198 g/mol. The summed E-state index contributed by atoms with van der Waals surface area (Å²) in [6.07, 6.45) is 2.56. The summed E-state index contributed by atoms with van der Waals surface area (Å²) < 4.78 is 5.41. The fraction of sp³-hybridized carbons (Fsp3) is 0.571. The molecule has 0 aromatic heterocycles. The monoisotopic (exact) mass is 219 g/mol. The minimum absolute atomic E-state index is 0.745. The van der Waals surface area contributed by atoms with Gasteiger partial charge < -0.3 is 10.1 Å². The van der Waals surface area contributed by atoms with Crippen LogP contribution < -0.4 is 5.32 Å². The SMILES string of the molecule is CCCC(C)CNc1ccc2c(c1)COC2. The summed E-state index contributed by atoms with van der Waals surface area (Å²) >= 11 is 0. The van der Waals surface area contributed by atoms with Crippen LogP contribution in [0.1, 0.15) is 37.8 Å². The molecule has 0 bridgehead atoms. The molecule has 1 aromatic carbocycles. The molecule has 2 nitrogen and oxygen atoms in total. The van der Waals surface area contributed by atoms with Crippen LogP contribution in [0.2, 0.25) is 0 Å². The van der Waals surface area contributed by atoms with Gasteiger partial charge in [0.05, 0.1) is 13.2 Å². The first-order valence-electron chi connectivity index (χ1n) is 6.23. The highest BCUT2D eigenvalue weighted by atomic mass is 16.5. The van der Waals surface area contributed by atoms with Crippen LogP contribution in [0.3, 0.4) is 0 Å². The third kappa shape index (κ3) is 2.76. The lowest BCUT2D eigenvalue weighted by Crippen LogP contribution is -2.11. The van der Waals surface area contributed by atoms with Crippen LogP contribution in [-0.2, 0) is 18.0 Å². The fourth-order valence-corrected chi connectivity index (χ4v) is 2.17. The summed E-state index contributed by atoms with van der Waals surface area (Å²) in [5, 5.41) is 3.50. The smallest absolute Gasteiger partial charge is 0.0725 e. The molecular formula is C14H21NO. The van der Waals surface area contributed by atoms with E-state index in [1.807, 2.05) is 0 Å². The van der Waals surface area contributed by atoms with Gasteiger partial charge in [0.1, 0.15) is 0 Å². The Bertz CT molecular complexity index is 349. The minimum atomic E-state index is 0.745. The summed E-state index contributed by atoms with van der Waals surface area (Å²) in [5.41, 5.74) is 3.91. The molecule has 0 amide bonds. The Hall–Kier alpha value is -1.02. The van der Waals surface area contributed by atoms with Crippen molar-refractivity contribution >= 4 is 5.69 Å². The second-order valence-electron chi connectivity index (χ2n) is 4.75. The average Bonchev–Trinajstić information content (AvgIpc) is 2.74. The molecule has 1 aliphatic rings. The largest absolute Gasteiger partial charge is 0.385 e. The molecule has 0 fully saturated rings. The lowest BCUT2D eigenvalue weighted by atomic mass is 10.1. The zero-order valence-electron chi connectivity index (χ0n) is 10.3. The predicted octanol–water partition coefficient (Wildman–Crippen LogP) is 3.56. The van der Waals surface area contributed by atoms with Gasteiger partial charge >= 0.3 is 0 Å². The topological polar surface area (TPSA) is 21.3 Å². The molecule has 88 valence electrons. The van der Waals surface area contributed by atoms with E-state index >= 15 is 0 Å². The van der Waals surface area contributed by atoms with Crippen molar-refractivity contribution in [2.45, 2.75) is 39.9 Å². The van der Waals surface area contributed by atoms with Gasteiger partial charge in [-0.2, -0.15) is 0 Å². The third-order valence-electron chi connectivity index (χ3n) is 3.16. The van der Waals surface area contributed by atoms with Crippen LogP contribution in [-0.4, -0.2) is 6.54 Å². The Morgan fingerprint density at radius 2 is 2.12 bits per heavy atom. The van der Waals surface area contributed by atoms with Gasteiger partial charge in [-0.3, -0.25) is 0 Å². The molecule has 0 aliphatic carbocycles. The summed E-state index contributed by atoms with van der Waals surface area (Å²) in [4.78, 5) is 0. The predicted molar refractivity (Wildman–Crippen MR) is 67.5 cm³/mol. The van der Waals surface area contributed by atoms with Crippen molar-refractivity contribution in [1.29, 1.82) is 0 Å². The summed E-state index contributed by atoms with van der Waals surface area (Å²) in [7, 11) is 0. The Morgan fingerprint density at radius 1 is 1.31 bits per heavy atom. The lowest BCUT2D eigenvalue weighted by Gasteiger charge is -2.13. The summed E-state index contributed by atoms with van der Waals surface area (Å²) in [6.45, 7) is 7.15. The van der Waals surface area contributed by atoms with Gasteiger partial charge in [0.25, 0.3) is 0 Å². The zero-order valence-corrected chi connectivity index (χ0v) is 10.3. The summed E-state index contributed by atoms with van der Waals surface area (Å²) in [6, 6.07) is 6.56. The van der Waals surface area contributed by atoms with Crippen molar-refractivity contribution in [2.24, 2.45) is 5.92 Å². The van der Waals surface area contributed by atoms with Crippen LogP contribution in [0.4, 0.5) is 5.69 Å². The molecule has 16 heavy (non-hydrogen) atoms. The molecule has 0 radical (unpaired) electrons. The molecule has 0 spiro atoms. The molecule has 1 unspecified atom stereocenters. The number of benzene rings is 1. The van der Waals surface area contributed by atoms with E-state index in [2.05, 4.69) is 37.4 Å². The molecule has 1 heterocycles. The van der Waals surface area contributed by atoms with E-state index in [0.29, 0.717) is 0 Å².